The molecule has 0 atom stereocenters. The number of ether oxygens (including phenoxy) is 2. The number of furan rings is 1. The number of hydrogen-bond donors (Lipinski definition) is 1. The van der Waals surface area contributed by atoms with Gasteiger partial charge in [0, 0.05) is 13.1 Å². The molecule has 0 spiro atoms. The van der Waals surface area contributed by atoms with E-state index in [1.807, 2.05) is 6.07 Å². The van der Waals surface area contributed by atoms with E-state index in [0.717, 1.165) is 31.2 Å². The Kier molecular flexibility index (Phi) is 5.32. The number of carbonyl (C=O) groups excluding carboxylic acids is 2. The quantitative estimate of drug-likeness (QED) is 0.822. The number of nitrogens with zero attached hydrogens (tertiary/aromatic N) is 1. The maximum atomic E-state index is 13.2. The first kappa shape index (κ1) is 18.2. The molecule has 3 heterocycles. The van der Waals surface area contributed by atoms with E-state index >= 15 is 0 Å². The third-order valence-corrected chi connectivity index (χ3v) is 4.82. The van der Waals surface area contributed by atoms with Gasteiger partial charge in [0.2, 0.25) is 6.79 Å². The van der Waals surface area contributed by atoms with Gasteiger partial charge in [-0.05, 0) is 48.7 Å². The molecule has 1 fully saturated rings. The number of likely N-dealkylation sites (tertiary alicyclic amines) is 1. The first-order valence-electron chi connectivity index (χ1n) is 9.46. The molecule has 0 unspecified atom stereocenters. The topological polar surface area (TPSA) is 81.0 Å². The van der Waals surface area contributed by atoms with Crippen molar-refractivity contribution in [1.29, 1.82) is 0 Å². The summed E-state index contributed by atoms with van der Waals surface area (Å²) in [5.41, 5.74) is 0.948. The summed E-state index contributed by atoms with van der Waals surface area (Å²) in [7, 11) is 0. The van der Waals surface area contributed by atoms with E-state index in [-0.39, 0.29) is 24.2 Å². The molecular weight excluding hydrogens is 360 g/mol. The summed E-state index contributed by atoms with van der Waals surface area (Å²) < 4.78 is 15.9. The van der Waals surface area contributed by atoms with Crippen LogP contribution >= 0.6 is 0 Å². The molecule has 0 radical (unpaired) electrons. The molecule has 7 nitrogen and oxygen atoms in total. The van der Waals surface area contributed by atoms with Gasteiger partial charge in [0.15, 0.2) is 17.3 Å². The molecule has 1 N–H and O–H groups in total. The van der Waals surface area contributed by atoms with Crippen LogP contribution in [0.15, 0.2) is 46.7 Å². The van der Waals surface area contributed by atoms with Crippen LogP contribution in [0.2, 0.25) is 0 Å². The fraction of sp³-hybridized carbons (Fsp3) is 0.333. The molecule has 2 aliphatic rings. The number of nitrogens with one attached hydrogen (secondary N) is 1. The zero-order chi connectivity index (χ0) is 19.3. The first-order valence-corrected chi connectivity index (χ1v) is 9.46. The van der Waals surface area contributed by atoms with E-state index in [9.17, 15) is 9.59 Å². The molecular formula is C21H22N2O5. The Labute approximate surface area is 162 Å². The van der Waals surface area contributed by atoms with E-state index in [1.165, 1.54) is 6.26 Å². The predicted octanol–water partition coefficient (Wildman–Crippen LogP) is 3.18. The van der Waals surface area contributed by atoms with Crippen molar-refractivity contribution in [2.24, 2.45) is 0 Å². The fourth-order valence-electron chi connectivity index (χ4n) is 3.36. The van der Waals surface area contributed by atoms with Crippen LogP contribution in [0.1, 0.15) is 41.8 Å². The smallest absolute Gasteiger partial charge is 0.291 e. The highest BCUT2D eigenvalue weighted by Crippen LogP contribution is 2.33. The van der Waals surface area contributed by atoms with Crippen molar-refractivity contribution in [2.45, 2.75) is 25.7 Å². The molecule has 2 aromatic rings. The van der Waals surface area contributed by atoms with Crippen molar-refractivity contribution < 1.29 is 23.5 Å². The fourth-order valence-corrected chi connectivity index (χ4v) is 3.36. The Morgan fingerprint density at radius 3 is 2.54 bits per heavy atom. The highest BCUT2D eigenvalue weighted by Gasteiger charge is 2.23. The van der Waals surface area contributed by atoms with E-state index in [1.54, 1.807) is 35.2 Å². The minimum Gasteiger partial charge on any atom is -0.459 e. The highest BCUT2D eigenvalue weighted by atomic mass is 16.7. The van der Waals surface area contributed by atoms with Gasteiger partial charge in [-0.2, -0.15) is 0 Å². The van der Waals surface area contributed by atoms with Crippen LogP contribution in [-0.4, -0.2) is 36.6 Å². The van der Waals surface area contributed by atoms with Gasteiger partial charge < -0.3 is 24.1 Å². The maximum absolute atomic E-state index is 13.2. The summed E-state index contributed by atoms with van der Waals surface area (Å²) in [6.07, 6.45) is 7.25. The third-order valence-electron chi connectivity index (χ3n) is 4.82. The Balaban J connectivity index is 1.62. The lowest BCUT2D eigenvalue weighted by atomic mass is 10.1. The van der Waals surface area contributed by atoms with E-state index in [4.69, 9.17) is 13.9 Å². The van der Waals surface area contributed by atoms with E-state index in [2.05, 4.69) is 5.32 Å². The number of amides is 2. The van der Waals surface area contributed by atoms with Crippen molar-refractivity contribution in [3.63, 3.8) is 0 Å². The predicted molar refractivity (Wildman–Crippen MR) is 102 cm³/mol. The molecule has 1 saturated heterocycles. The Bertz CT molecular complexity index is 880. The molecule has 0 saturated carbocycles. The number of hydrogen-bond acceptors (Lipinski definition) is 5. The SMILES string of the molecule is O=C(N/C(=C\c1ccc2c(c1)OCO2)C(=O)N1CCCCCC1)c1ccco1. The van der Waals surface area contributed by atoms with Crippen LogP contribution in [0.25, 0.3) is 6.08 Å². The van der Waals surface area contributed by atoms with Crippen LogP contribution in [-0.2, 0) is 4.79 Å². The van der Waals surface area contributed by atoms with Crippen LogP contribution < -0.4 is 14.8 Å². The summed E-state index contributed by atoms with van der Waals surface area (Å²) >= 11 is 0. The number of benzene rings is 1. The summed E-state index contributed by atoms with van der Waals surface area (Å²) in [6.45, 7) is 1.55. The average molecular weight is 382 g/mol. The molecule has 0 aliphatic carbocycles. The lowest BCUT2D eigenvalue weighted by Gasteiger charge is -2.22. The molecule has 2 aliphatic heterocycles. The molecule has 1 aromatic carbocycles. The number of carbonyl (C=O) groups is 2. The van der Waals surface area contributed by atoms with Gasteiger partial charge in [-0.1, -0.05) is 18.9 Å². The van der Waals surface area contributed by atoms with Crippen LogP contribution in [0, 0.1) is 0 Å². The van der Waals surface area contributed by atoms with Crippen LogP contribution in [0.3, 0.4) is 0 Å². The number of rotatable bonds is 4. The van der Waals surface area contributed by atoms with Crippen molar-refractivity contribution in [3.05, 3.63) is 53.6 Å². The highest BCUT2D eigenvalue weighted by molar-refractivity contribution is 6.04. The standard InChI is InChI=1S/C21H22N2O5/c24-20(18-6-5-11-26-18)22-16(21(25)23-9-3-1-2-4-10-23)12-15-7-8-17-19(13-15)28-14-27-17/h5-8,11-13H,1-4,9-10,14H2,(H,22,24)/b16-12-. The zero-order valence-corrected chi connectivity index (χ0v) is 15.5. The Hall–Kier alpha value is -3.22. The molecule has 0 bridgehead atoms. The lowest BCUT2D eigenvalue weighted by Crippen LogP contribution is -2.38. The second kappa shape index (κ2) is 8.21. The Morgan fingerprint density at radius 1 is 1.00 bits per heavy atom. The van der Waals surface area contributed by atoms with Crippen molar-refractivity contribution in [1.82, 2.24) is 10.2 Å². The van der Waals surface area contributed by atoms with Gasteiger partial charge >= 0.3 is 0 Å². The monoisotopic (exact) mass is 382 g/mol. The summed E-state index contributed by atoms with van der Waals surface area (Å²) in [6, 6.07) is 8.59. The van der Waals surface area contributed by atoms with Gasteiger partial charge in [0.05, 0.1) is 6.26 Å². The lowest BCUT2D eigenvalue weighted by molar-refractivity contribution is -0.127. The van der Waals surface area contributed by atoms with E-state index in [0.29, 0.717) is 24.6 Å². The maximum Gasteiger partial charge on any atom is 0.291 e. The second-order valence-electron chi connectivity index (χ2n) is 6.81. The molecule has 1 aromatic heterocycles. The molecule has 7 heteroatoms. The summed E-state index contributed by atoms with van der Waals surface area (Å²) in [5, 5.41) is 2.72. The van der Waals surface area contributed by atoms with Crippen LogP contribution in [0.5, 0.6) is 11.5 Å². The third kappa shape index (κ3) is 4.03. The number of fused-ring (bicyclic) bond motifs is 1. The normalized spacial score (nSPS) is 16.6. The molecule has 2 amide bonds. The largest absolute Gasteiger partial charge is 0.459 e. The van der Waals surface area contributed by atoms with Crippen molar-refractivity contribution in [2.75, 3.05) is 19.9 Å². The van der Waals surface area contributed by atoms with Crippen LogP contribution in [0.4, 0.5) is 0 Å². The average Bonchev–Trinajstić information content (AvgIpc) is 3.33. The minimum atomic E-state index is -0.458. The summed E-state index contributed by atoms with van der Waals surface area (Å²) in [4.78, 5) is 27.4. The van der Waals surface area contributed by atoms with Gasteiger partial charge in [0.25, 0.3) is 11.8 Å². The molecule has 4 rings (SSSR count). The van der Waals surface area contributed by atoms with Crippen molar-refractivity contribution in [3.8, 4) is 11.5 Å². The van der Waals surface area contributed by atoms with E-state index < -0.39 is 5.91 Å². The zero-order valence-electron chi connectivity index (χ0n) is 15.5. The Morgan fingerprint density at radius 2 is 1.79 bits per heavy atom. The van der Waals surface area contributed by atoms with Crippen molar-refractivity contribution >= 4 is 17.9 Å². The van der Waals surface area contributed by atoms with Gasteiger partial charge in [-0.25, -0.2) is 0 Å². The van der Waals surface area contributed by atoms with Gasteiger partial charge in [0.1, 0.15) is 5.70 Å². The first-order chi connectivity index (χ1) is 13.7. The molecule has 146 valence electrons. The second-order valence-corrected chi connectivity index (χ2v) is 6.81. The summed E-state index contributed by atoms with van der Waals surface area (Å²) in [5.74, 6) is 0.782. The van der Waals surface area contributed by atoms with Gasteiger partial charge in [-0.3, -0.25) is 9.59 Å². The van der Waals surface area contributed by atoms with Gasteiger partial charge in [-0.15, -0.1) is 0 Å². The molecule has 28 heavy (non-hydrogen) atoms. The minimum absolute atomic E-state index is 0.153.